The van der Waals surface area contributed by atoms with Crippen molar-refractivity contribution in [3.63, 3.8) is 0 Å². The number of aromatic nitrogens is 1. The number of nitrogens with one attached hydrogen (secondary N) is 3. The Kier molecular flexibility index (Phi) is 21.0. The van der Waals surface area contributed by atoms with E-state index in [1.165, 1.54) is 17.5 Å². The number of likely N-dealkylation sites (tertiary alicyclic amines) is 1. The fourth-order valence-electron chi connectivity index (χ4n) is 7.85. The number of halogens is 1. The van der Waals surface area contributed by atoms with Gasteiger partial charge in [-0.2, -0.15) is 0 Å². The summed E-state index contributed by atoms with van der Waals surface area (Å²) in [5, 5.41) is 20.5. The zero-order valence-electron chi connectivity index (χ0n) is 38.1. The topological polar surface area (TPSA) is 222 Å². The van der Waals surface area contributed by atoms with Gasteiger partial charge in [-0.25, -0.2) is 14.2 Å². The summed E-state index contributed by atoms with van der Waals surface area (Å²) in [6.07, 6.45) is 5.56. The molecule has 2 heterocycles. The summed E-state index contributed by atoms with van der Waals surface area (Å²) in [6.45, 7) is 14.8. The maximum Gasteiger partial charge on any atom is 0.407 e. The first-order valence-electron chi connectivity index (χ1n) is 22.3. The van der Waals surface area contributed by atoms with Gasteiger partial charge in [-0.15, -0.1) is 11.3 Å². The van der Waals surface area contributed by atoms with Crippen LogP contribution in [0.2, 0.25) is 0 Å². The zero-order valence-corrected chi connectivity index (χ0v) is 39.0. The molecule has 3 rings (SSSR count). The molecule has 1 fully saturated rings. The van der Waals surface area contributed by atoms with Gasteiger partial charge in [0.2, 0.25) is 11.8 Å². The minimum absolute atomic E-state index is 0.0170. The van der Waals surface area contributed by atoms with Crippen molar-refractivity contribution in [2.45, 2.75) is 149 Å². The maximum absolute atomic E-state index is 15.0. The van der Waals surface area contributed by atoms with Gasteiger partial charge >= 0.3 is 12.1 Å². The van der Waals surface area contributed by atoms with Crippen LogP contribution in [-0.4, -0.2) is 107 Å². The highest BCUT2D eigenvalue weighted by Gasteiger charge is 2.39. The number of piperidine rings is 1. The highest BCUT2D eigenvalue weighted by Crippen LogP contribution is 2.33. The number of anilines is 1. The lowest BCUT2D eigenvalue weighted by Gasteiger charge is -2.40. The third-order valence-electron chi connectivity index (χ3n) is 11.9. The lowest BCUT2D eigenvalue weighted by atomic mass is 9.84. The predicted octanol–water partition coefficient (Wildman–Crippen LogP) is 6.27. The molecule has 1 aliphatic heterocycles. The number of rotatable bonds is 25. The Hall–Kier alpha value is -4.35. The van der Waals surface area contributed by atoms with Gasteiger partial charge in [0, 0.05) is 43.5 Å². The number of carbonyl (C=O) groups excluding carboxylic acids is 4. The monoisotopic (exact) mass is 889 g/mol. The molecule has 6 atom stereocenters. The number of amides is 4. The minimum Gasteiger partial charge on any atom is -0.481 e. The van der Waals surface area contributed by atoms with Crippen molar-refractivity contribution in [3.05, 3.63) is 45.7 Å². The van der Waals surface area contributed by atoms with E-state index in [0.717, 1.165) is 62.8 Å². The number of ether oxygens (including phenoxy) is 1. The Balaban J connectivity index is 2.01. The second-order valence-corrected chi connectivity index (χ2v) is 18.7. The van der Waals surface area contributed by atoms with Crippen molar-refractivity contribution < 1.29 is 38.2 Å². The molecule has 62 heavy (non-hydrogen) atoms. The van der Waals surface area contributed by atoms with Crippen LogP contribution in [-0.2, 0) is 25.5 Å². The number of nitrogen functional groups attached to an aromatic ring is 1. The molecule has 1 aliphatic rings. The summed E-state index contributed by atoms with van der Waals surface area (Å²) in [5.74, 6) is -2.91. The minimum atomic E-state index is -1.23. The third-order valence-corrected chi connectivity index (χ3v) is 12.9. The van der Waals surface area contributed by atoms with Crippen molar-refractivity contribution in [3.8, 4) is 0 Å². The molecule has 0 unspecified atom stereocenters. The second-order valence-electron chi connectivity index (χ2n) is 17.8. The highest BCUT2D eigenvalue weighted by molar-refractivity contribution is 7.09. The van der Waals surface area contributed by atoms with Crippen molar-refractivity contribution in [2.75, 3.05) is 39.0 Å². The van der Waals surface area contributed by atoms with Crippen LogP contribution in [0.1, 0.15) is 140 Å². The Morgan fingerprint density at radius 2 is 1.82 bits per heavy atom. The Labute approximate surface area is 371 Å². The van der Waals surface area contributed by atoms with Gasteiger partial charge in [0.25, 0.3) is 5.91 Å². The Morgan fingerprint density at radius 3 is 2.44 bits per heavy atom. The number of hydrogen-bond donors (Lipinski definition) is 6. The number of thiazole rings is 1. The summed E-state index contributed by atoms with van der Waals surface area (Å²) in [5.41, 5.74) is 10.6. The number of carboxylic acids is 1. The molecule has 1 saturated heterocycles. The first-order chi connectivity index (χ1) is 29.3. The average Bonchev–Trinajstić information content (AvgIpc) is 3.72. The second kappa shape index (κ2) is 25.1. The quantitative estimate of drug-likeness (QED) is 0.0482. The van der Waals surface area contributed by atoms with E-state index in [0.29, 0.717) is 23.5 Å². The van der Waals surface area contributed by atoms with Gasteiger partial charge in [-0.05, 0) is 89.1 Å². The molecular formula is C45H73FN8O7S. The number of nitrogens with zero attached hydrogens (tertiary/aromatic N) is 3. The summed E-state index contributed by atoms with van der Waals surface area (Å²) in [4.78, 5) is 76.5. The number of carboxylic acid groups (broad SMARTS) is 1. The van der Waals surface area contributed by atoms with Crippen molar-refractivity contribution in [1.82, 2.24) is 30.7 Å². The van der Waals surface area contributed by atoms with Gasteiger partial charge in [-0.3, -0.25) is 24.1 Å². The van der Waals surface area contributed by atoms with Crippen LogP contribution in [0.25, 0.3) is 0 Å². The summed E-state index contributed by atoms with van der Waals surface area (Å²) >= 11 is 1.12. The van der Waals surface area contributed by atoms with Gasteiger partial charge in [0.1, 0.15) is 22.6 Å². The van der Waals surface area contributed by atoms with Crippen molar-refractivity contribution >= 4 is 46.8 Å². The molecule has 0 saturated carbocycles. The lowest BCUT2D eigenvalue weighted by molar-refractivity contribution is -0.147. The number of benzene rings is 1. The number of nitrogens with two attached hydrogens (primary N) is 2. The number of aliphatic carboxylic acids is 1. The van der Waals surface area contributed by atoms with E-state index in [2.05, 4.69) is 32.8 Å². The van der Waals surface area contributed by atoms with Crippen LogP contribution in [0.5, 0.6) is 0 Å². The number of likely N-dealkylation sites (N-methyl/N-ethyl adjacent to an activating group) is 1. The molecule has 0 radical (unpaired) electrons. The summed E-state index contributed by atoms with van der Waals surface area (Å²) < 4.78 is 20.4. The van der Waals surface area contributed by atoms with E-state index in [-0.39, 0.29) is 73.4 Å². The van der Waals surface area contributed by atoms with Crippen LogP contribution >= 0.6 is 11.3 Å². The SMILES string of the molecule is CCCCCCN(C(=O)[C@@H](NC(=O)[C@H]1CCCCN1C)[C@@H](C)CC)[C@H](C[C@@H](OC(=O)NCCN)c1nc(C(=O)N[C@@H](Cc2ccc(N)c(F)c2)CC(C)(C)C(=O)O)cs1)C(C)C. The van der Waals surface area contributed by atoms with Gasteiger partial charge in [0.15, 0.2) is 6.10 Å². The van der Waals surface area contributed by atoms with E-state index in [4.69, 9.17) is 16.2 Å². The highest BCUT2D eigenvalue weighted by atomic mass is 32.1. The van der Waals surface area contributed by atoms with E-state index in [9.17, 15) is 33.5 Å². The van der Waals surface area contributed by atoms with E-state index in [1.54, 1.807) is 19.9 Å². The molecule has 0 bridgehead atoms. The molecular weight excluding hydrogens is 816 g/mol. The van der Waals surface area contributed by atoms with Crippen LogP contribution < -0.4 is 27.4 Å². The molecule has 0 aliphatic carbocycles. The molecule has 0 spiro atoms. The van der Waals surface area contributed by atoms with Crippen LogP contribution in [0.3, 0.4) is 0 Å². The van der Waals surface area contributed by atoms with Gasteiger partial charge < -0.3 is 42.2 Å². The van der Waals surface area contributed by atoms with Gasteiger partial charge in [0.05, 0.1) is 17.1 Å². The maximum atomic E-state index is 15.0. The number of carbonyl (C=O) groups is 5. The molecule has 2 aromatic rings. The van der Waals surface area contributed by atoms with Crippen LogP contribution in [0.15, 0.2) is 23.6 Å². The normalized spacial score (nSPS) is 17.0. The fraction of sp³-hybridized carbons (Fsp3) is 0.689. The van der Waals surface area contributed by atoms with Crippen molar-refractivity contribution in [2.24, 2.45) is 23.0 Å². The van der Waals surface area contributed by atoms with E-state index >= 15 is 0 Å². The van der Waals surface area contributed by atoms with Gasteiger partial charge in [-0.1, -0.05) is 72.8 Å². The van der Waals surface area contributed by atoms with Crippen molar-refractivity contribution in [1.29, 1.82) is 0 Å². The standard InChI is InChI=1S/C45H73FN8O7S/c1-9-11-12-14-22-54(42(57)38(29(5)10-2)52-40(56)35-16-13-15-21-53(35)8)36(28(3)4)25-37(61-44(60)49-20-19-47)41-51-34(27-62-41)39(55)50-31(26-45(6,7)43(58)59)23-30-17-18-33(48)32(46)24-30/h17-18,24,27-29,31,35-38H,9-16,19-23,25-26,47-48H2,1-8H3,(H,49,60)(H,50,55)(H,52,56)(H,58,59)/t29-,31-,35+,36+,37+,38-/m0/s1. The Bertz CT molecular complexity index is 1780. The van der Waals surface area contributed by atoms with Crippen LogP contribution in [0.4, 0.5) is 14.9 Å². The van der Waals surface area contributed by atoms with E-state index in [1.807, 2.05) is 39.6 Å². The number of unbranched alkanes of at least 4 members (excludes halogenated alkanes) is 3. The fourth-order valence-corrected chi connectivity index (χ4v) is 8.69. The molecule has 8 N–H and O–H groups in total. The number of alkyl carbamates (subject to hydrolysis) is 1. The van der Waals surface area contributed by atoms with E-state index < -0.39 is 53.4 Å². The number of hydrogen-bond acceptors (Lipinski definition) is 11. The molecule has 15 nitrogen and oxygen atoms in total. The summed E-state index contributed by atoms with van der Waals surface area (Å²) in [7, 11) is 1.94. The molecule has 17 heteroatoms. The molecule has 1 aromatic carbocycles. The third kappa shape index (κ3) is 15.5. The molecule has 348 valence electrons. The largest absolute Gasteiger partial charge is 0.481 e. The smallest absolute Gasteiger partial charge is 0.407 e. The predicted molar refractivity (Wildman–Crippen MR) is 241 cm³/mol. The van der Waals surface area contributed by atoms with Crippen LogP contribution in [0, 0.1) is 23.1 Å². The zero-order chi connectivity index (χ0) is 46.1. The first-order valence-corrected chi connectivity index (χ1v) is 23.2. The summed E-state index contributed by atoms with van der Waals surface area (Å²) in [6, 6.07) is 2.01. The Morgan fingerprint density at radius 1 is 1.10 bits per heavy atom. The average molecular weight is 889 g/mol. The molecule has 4 amide bonds. The first kappa shape index (κ1) is 52.0. The molecule has 1 aromatic heterocycles. The lowest BCUT2D eigenvalue weighted by Crippen LogP contribution is -2.59.